The number of rotatable bonds is 2. The Kier molecular flexibility index (Phi) is 6.09. The lowest BCUT2D eigenvalue weighted by Crippen LogP contribution is -3.04. The third kappa shape index (κ3) is 2.66. The fraction of sp³-hybridized carbons (Fsp3) is 0.786. The van der Waals surface area contributed by atoms with E-state index in [2.05, 4.69) is 113 Å². The average molecular weight is 641 g/mol. The summed E-state index contributed by atoms with van der Waals surface area (Å²) >= 11 is 0. The van der Waals surface area contributed by atoms with Gasteiger partial charge < -0.3 is 4.55 Å². The van der Waals surface area contributed by atoms with Crippen LogP contribution in [-0.2, 0) is 16.3 Å². The summed E-state index contributed by atoms with van der Waals surface area (Å²) in [6, 6.07) is 11.8. The Morgan fingerprint density at radius 3 is 1.23 bits per heavy atom. The molecule has 6 saturated heterocycles. The van der Waals surface area contributed by atoms with E-state index < -0.39 is 22.9 Å². The molecule has 39 heavy (non-hydrogen) atoms. The lowest BCUT2D eigenvalue weighted by atomic mass is 9.95. The summed E-state index contributed by atoms with van der Waals surface area (Å²) in [7, 11) is -6.79. The van der Waals surface area contributed by atoms with E-state index in [1.165, 1.54) is 6.16 Å². The second kappa shape index (κ2) is 7.64. The lowest BCUT2D eigenvalue weighted by molar-refractivity contribution is -0.0517. The van der Waals surface area contributed by atoms with E-state index in [-0.39, 0.29) is 23.8 Å². The van der Waals surface area contributed by atoms with Crippen molar-refractivity contribution in [2.75, 3.05) is 0 Å². The van der Waals surface area contributed by atoms with Gasteiger partial charge in [-0.15, -0.1) is 0 Å². The van der Waals surface area contributed by atoms with Crippen molar-refractivity contribution in [1.82, 2.24) is 0 Å². The van der Waals surface area contributed by atoms with Gasteiger partial charge in [-0.1, -0.05) is 113 Å². The normalized spacial score (nSPS) is 43.4. The zero-order valence-corrected chi connectivity index (χ0v) is 29.5. The minimum absolute atomic E-state index is 0.143. The van der Waals surface area contributed by atoms with E-state index in [9.17, 15) is 13.2 Å². The predicted octanol–water partition coefficient (Wildman–Crippen LogP) is 10.6. The highest BCUT2D eigenvalue weighted by atomic mass is 32.2. The molecule has 0 unspecified atom stereocenters. The highest BCUT2D eigenvalue weighted by Gasteiger charge is 3.34. The molecule has 1 aromatic carbocycles. The van der Waals surface area contributed by atoms with Crippen LogP contribution in [0.1, 0.15) is 88.6 Å². The van der Waals surface area contributed by atoms with Crippen LogP contribution in [0.3, 0.4) is 0 Å². The van der Waals surface area contributed by atoms with Crippen molar-refractivity contribution in [3.05, 3.63) is 35.9 Å². The van der Waals surface area contributed by atoms with Gasteiger partial charge in [0, 0.05) is 40.0 Å². The van der Waals surface area contributed by atoms with Crippen LogP contribution in [-0.4, -0.2) is 37.0 Å². The fourth-order valence-corrected chi connectivity index (χ4v) is 66.2. The summed E-state index contributed by atoms with van der Waals surface area (Å²) in [6.45, 7) is 32.0. The van der Waals surface area contributed by atoms with Crippen LogP contribution in [0.5, 0.6) is 0 Å². The molecule has 0 N–H and O–H groups in total. The Morgan fingerprint density at radius 2 is 1.00 bits per heavy atom. The van der Waals surface area contributed by atoms with Gasteiger partial charge in [0.1, 0.15) is 13.9 Å². The van der Waals surface area contributed by atoms with Gasteiger partial charge in [-0.3, -0.25) is 0 Å². The molecule has 0 bridgehead atoms. The fourth-order valence-electron chi connectivity index (χ4n) is 9.89. The van der Waals surface area contributed by atoms with E-state index in [4.69, 9.17) is 13.0 Å². The molecule has 0 aliphatic carbocycles. The number of hydrogen-bond donors (Lipinski definition) is 0. The molecule has 0 aromatic heterocycles. The zero-order valence-electron chi connectivity index (χ0n) is 25.1. The lowest BCUT2D eigenvalue weighted by Gasteiger charge is -3.20. The molecule has 0 spiro atoms. The molecule has 1 aromatic rings. The minimum Gasteiger partial charge on any atom is -0.741 e. The smallest absolute Gasteiger partial charge is 0.485 e. The van der Waals surface area contributed by atoms with Gasteiger partial charge in [-0.25, -0.2) is 8.42 Å². The molecule has 0 amide bonds. The summed E-state index contributed by atoms with van der Waals surface area (Å²) in [5.41, 5.74) is -2.03. The number of halogens is 3. The largest absolute Gasteiger partial charge is 0.741 e. The van der Waals surface area contributed by atoms with Crippen molar-refractivity contribution in [3.63, 3.8) is 0 Å². The van der Waals surface area contributed by atoms with Crippen LogP contribution in [0.4, 0.5) is 13.2 Å². The van der Waals surface area contributed by atoms with Crippen LogP contribution in [0.2, 0.25) is 0 Å². The monoisotopic (exact) mass is 640 g/mol. The van der Waals surface area contributed by atoms with Crippen LogP contribution in [0.15, 0.2) is 30.3 Å². The second-order valence-electron chi connectivity index (χ2n) is 15.9. The molecule has 11 heteroatoms. The first-order valence-electron chi connectivity index (χ1n) is 13.5. The molecule has 220 valence electrons. The first-order chi connectivity index (χ1) is 17.2. The third-order valence-corrected chi connectivity index (χ3v) is 45.2. The zero-order chi connectivity index (χ0) is 30.1. The van der Waals surface area contributed by atoms with Crippen LogP contribution in [0.25, 0.3) is 0 Å². The van der Waals surface area contributed by atoms with Crippen LogP contribution < -0.4 is 0 Å². The van der Waals surface area contributed by atoms with Crippen molar-refractivity contribution in [1.29, 1.82) is 0 Å². The molecular formula is C28H43F3O3P4S. The van der Waals surface area contributed by atoms with Crippen molar-refractivity contribution in [3.8, 4) is 0 Å². The van der Waals surface area contributed by atoms with E-state index in [1.54, 1.807) is 5.56 Å². The molecule has 6 aliphatic heterocycles. The molecule has 6 fully saturated rings. The third-order valence-electron chi connectivity index (χ3n) is 9.97. The van der Waals surface area contributed by atoms with Gasteiger partial charge in [-0.05, 0) is 11.0 Å². The summed E-state index contributed by atoms with van der Waals surface area (Å²) in [4.78, 5) is 0. The van der Waals surface area contributed by atoms with Crippen LogP contribution in [0, 0.1) is 21.7 Å². The Balaban J connectivity index is 0.000000339. The summed E-state index contributed by atoms with van der Waals surface area (Å²) < 4.78 is 62.0. The molecule has 0 saturated carbocycles. The number of hydrogen-bond acceptors (Lipinski definition) is 3. The van der Waals surface area contributed by atoms with Gasteiger partial charge in [0.2, 0.25) is 0 Å². The first kappa shape index (κ1) is 31.1. The highest BCUT2D eigenvalue weighted by molar-refractivity contribution is 8.57. The quantitative estimate of drug-likeness (QED) is 0.184. The standard InChI is InChI=1S/C27H43P4.CHF3O3S/c1-20(2,3)24-28-25(21(4,5)6)29(24)27(23(10,11)12)30(24)26(28,22(7,8)9)31(25,27)18-19-16-14-13-15-17-19;2-1(3,4)8(5,6)7/h13-17H,18H2,1-12H3;(H,5,6,7)/q+1;/p-1. The van der Waals surface area contributed by atoms with Gasteiger partial charge in [0.25, 0.3) is 0 Å². The van der Waals surface area contributed by atoms with Crippen molar-refractivity contribution < 1.29 is 26.1 Å². The van der Waals surface area contributed by atoms with Gasteiger partial charge in [0.05, 0.1) is 18.1 Å². The Morgan fingerprint density at radius 1 is 0.692 bits per heavy atom. The van der Waals surface area contributed by atoms with Crippen molar-refractivity contribution in [2.24, 2.45) is 21.7 Å². The maximum absolute atomic E-state index is 10.7. The second-order valence-corrected chi connectivity index (χ2v) is 33.5. The van der Waals surface area contributed by atoms with Gasteiger partial charge >= 0.3 is 5.51 Å². The van der Waals surface area contributed by atoms with E-state index in [1.807, 2.05) is 0 Å². The highest BCUT2D eigenvalue weighted by Crippen LogP contribution is 3.59. The molecule has 0 atom stereocenters. The maximum Gasteiger partial charge on any atom is 0.485 e. The first-order valence-corrected chi connectivity index (χ1v) is 20.9. The number of benzene rings is 1. The number of alkyl halides is 3. The average Bonchev–Trinajstić information content (AvgIpc) is 2.69. The van der Waals surface area contributed by atoms with Crippen molar-refractivity contribution >= 4 is 41.1 Å². The van der Waals surface area contributed by atoms with E-state index >= 15 is 0 Å². The molecule has 3 nitrogen and oxygen atoms in total. The summed E-state index contributed by atoms with van der Waals surface area (Å²) in [5.74, 6) is 0. The Bertz CT molecular complexity index is 1230. The van der Waals surface area contributed by atoms with Crippen molar-refractivity contribution in [2.45, 2.75) is 113 Å². The summed E-state index contributed by atoms with van der Waals surface area (Å²) in [5, 5.41) is 0. The SMILES string of the molecule is CC(C)(C)C12P3C4(C(C)(C)C)P1C1(C(C)(C)C)P2C3(C(C)(C)C)[P+]41Cc1ccccc1.O=S(=O)([O-])C(F)(F)F. The topological polar surface area (TPSA) is 57.2 Å². The molecule has 6 aliphatic rings. The molecule has 6 heterocycles. The molecule has 7 rings (SSSR count). The van der Waals surface area contributed by atoms with Gasteiger partial charge in [0.15, 0.2) is 10.1 Å². The summed E-state index contributed by atoms with van der Waals surface area (Å²) in [6.07, 6.45) is 1.45. The molecule has 0 radical (unpaired) electrons. The maximum atomic E-state index is 10.7. The predicted molar refractivity (Wildman–Crippen MR) is 162 cm³/mol. The van der Waals surface area contributed by atoms with Gasteiger partial charge in [-0.2, -0.15) is 13.2 Å². The van der Waals surface area contributed by atoms with E-state index in [0.717, 1.165) is 18.6 Å². The van der Waals surface area contributed by atoms with E-state index in [0.29, 0.717) is 21.7 Å². The minimum atomic E-state index is -6.09. The Hall–Kier alpha value is 0.640. The molecular weight excluding hydrogens is 597 g/mol. The Labute approximate surface area is 237 Å². The van der Waals surface area contributed by atoms with Crippen LogP contribution >= 0.6 is 31.0 Å².